The fourth-order valence-corrected chi connectivity index (χ4v) is 6.66. The number of methoxy groups -OCH3 is 1. The minimum Gasteiger partial charge on any atom is -0.497 e. The number of benzene rings is 3. The fourth-order valence-electron chi connectivity index (χ4n) is 6.49. The van der Waals surface area contributed by atoms with Crippen LogP contribution in [0.15, 0.2) is 72.8 Å². The number of hydrogen-bond acceptors (Lipinski definition) is 6. The molecule has 3 aromatic carbocycles. The van der Waals surface area contributed by atoms with Crippen LogP contribution in [0.3, 0.4) is 0 Å². The van der Waals surface area contributed by atoms with E-state index in [0.29, 0.717) is 41.9 Å². The lowest BCUT2D eigenvalue weighted by Gasteiger charge is -2.38. The zero-order valence-electron chi connectivity index (χ0n) is 25.5. The lowest BCUT2D eigenvalue weighted by atomic mass is 9.73. The van der Waals surface area contributed by atoms with Crippen molar-refractivity contribution in [2.45, 2.75) is 51.2 Å². The number of carbonyl (C=O) groups is 1. The van der Waals surface area contributed by atoms with Crippen LogP contribution in [0.4, 0.5) is 4.79 Å². The van der Waals surface area contributed by atoms with E-state index >= 15 is 0 Å². The van der Waals surface area contributed by atoms with E-state index < -0.39 is 6.16 Å². The van der Waals surface area contributed by atoms with Gasteiger partial charge in [-0.2, -0.15) is 0 Å². The molecule has 0 radical (unpaired) electrons. The van der Waals surface area contributed by atoms with E-state index in [4.69, 9.17) is 25.8 Å². The Morgan fingerprint density at radius 1 is 1.05 bits per heavy atom. The average molecular weight is 604 g/mol. The topological polar surface area (TPSA) is 65.0 Å². The highest BCUT2D eigenvalue weighted by Gasteiger charge is 2.32. The van der Waals surface area contributed by atoms with Gasteiger partial charge in [0, 0.05) is 35.1 Å². The SMILES string of the molecule is CCOC(=O)Oc1c(CNC2CCC(c3cccc(OC)c3)C(CN(C)C)C2)c2cc(Cl)ccc2n1Cc1ccccc1. The summed E-state index contributed by atoms with van der Waals surface area (Å²) in [7, 11) is 6.01. The molecule has 4 aromatic rings. The van der Waals surface area contributed by atoms with Crippen LogP contribution in [-0.4, -0.2) is 56.0 Å². The molecule has 3 atom stereocenters. The molecule has 8 heteroatoms. The Morgan fingerprint density at radius 3 is 2.60 bits per heavy atom. The van der Waals surface area contributed by atoms with Crippen LogP contribution in [0, 0.1) is 5.92 Å². The Hall–Kier alpha value is -3.52. The molecule has 43 heavy (non-hydrogen) atoms. The monoisotopic (exact) mass is 603 g/mol. The maximum atomic E-state index is 12.7. The van der Waals surface area contributed by atoms with Crippen molar-refractivity contribution < 1.29 is 19.0 Å². The second-order valence-electron chi connectivity index (χ2n) is 11.6. The second-order valence-corrected chi connectivity index (χ2v) is 12.0. The van der Waals surface area contributed by atoms with Gasteiger partial charge >= 0.3 is 6.16 Å². The van der Waals surface area contributed by atoms with Crippen molar-refractivity contribution in [3.63, 3.8) is 0 Å². The van der Waals surface area contributed by atoms with Gasteiger partial charge in [-0.25, -0.2) is 4.79 Å². The first kappa shape index (κ1) is 30.9. The Kier molecular flexibility index (Phi) is 10.3. The maximum absolute atomic E-state index is 12.7. The van der Waals surface area contributed by atoms with E-state index in [9.17, 15) is 4.79 Å². The summed E-state index contributed by atoms with van der Waals surface area (Å²) in [5.74, 6) is 2.34. The summed E-state index contributed by atoms with van der Waals surface area (Å²) in [4.78, 5) is 14.9. The van der Waals surface area contributed by atoms with Crippen molar-refractivity contribution in [1.82, 2.24) is 14.8 Å². The lowest BCUT2D eigenvalue weighted by molar-refractivity contribution is 0.101. The summed E-state index contributed by atoms with van der Waals surface area (Å²) in [6.45, 7) is 4.10. The quantitative estimate of drug-likeness (QED) is 0.179. The Balaban J connectivity index is 1.43. The summed E-state index contributed by atoms with van der Waals surface area (Å²) in [5, 5.41) is 5.44. The van der Waals surface area contributed by atoms with E-state index in [-0.39, 0.29) is 6.61 Å². The smallest absolute Gasteiger partial charge is 0.497 e. The molecule has 0 saturated heterocycles. The summed E-state index contributed by atoms with van der Waals surface area (Å²) >= 11 is 6.50. The van der Waals surface area contributed by atoms with Crippen LogP contribution in [0.5, 0.6) is 11.6 Å². The van der Waals surface area contributed by atoms with Crippen LogP contribution < -0.4 is 14.8 Å². The largest absolute Gasteiger partial charge is 0.515 e. The molecule has 1 fully saturated rings. The molecule has 0 spiro atoms. The van der Waals surface area contributed by atoms with Gasteiger partial charge in [0.05, 0.1) is 25.8 Å². The molecule has 5 rings (SSSR count). The van der Waals surface area contributed by atoms with Crippen LogP contribution in [0.2, 0.25) is 5.02 Å². The van der Waals surface area contributed by atoms with Crippen LogP contribution in [0.25, 0.3) is 10.9 Å². The second kappa shape index (κ2) is 14.3. The third-order valence-electron chi connectivity index (χ3n) is 8.38. The first-order chi connectivity index (χ1) is 20.9. The molecule has 1 aromatic heterocycles. The van der Waals surface area contributed by atoms with Crippen LogP contribution in [0.1, 0.15) is 48.8 Å². The highest BCUT2D eigenvalue weighted by atomic mass is 35.5. The summed E-state index contributed by atoms with van der Waals surface area (Å²) in [5.41, 5.74) is 4.30. The van der Waals surface area contributed by atoms with E-state index in [2.05, 4.69) is 54.6 Å². The maximum Gasteiger partial charge on any atom is 0.515 e. The van der Waals surface area contributed by atoms with Gasteiger partial charge in [-0.15, -0.1) is 0 Å². The predicted octanol–water partition coefficient (Wildman–Crippen LogP) is 7.49. The number of ether oxygens (including phenoxy) is 3. The number of carbonyl (C=O) groups excluding carboxylic acids is 1. The molecule has 1 N–H and O–H groups in total. The van der Waals surface area contributed by atoms with Crippen molar-refractivity contribution in [2.24, 2.45) is 5.92 Å². The Bertz CT molecular complexity index is 1520. The number of aromatic nitrogens is 1. The Labute approximate surface area is 259 Å². The van der Waals surface area contributed by atoms with Gasteiger partial charge in [-0.1, -0.05) is 54.1 Å². The standard InChI is InChI=1S/C35H42ClN3O4/c1-5-42-35(40)43-34-32(31-20-27(36)14-17-33(31)39(34)22-24-10-7-6-8-11-24)21-37-28-15-16-30(26(18-28)23-38(2)3)25-12-9-13-29(19-25)41-4/h6-14,17,19-20,26,28,30,37H,5,15-16,18,21-23H2,1-4H3. The minimum absolute atomic E-state index is 0.237. The lowest BCUT2D eigenvalue weighted by Crippen LogP contribution is -2.40. The van der Waals surface area contributed by atoms with Crippen molar-refractivity contribution in [3.05, 3.63) is 94.5 Å². The summed E-state index contributed by atoms with van der Waals surface area (Å²) < 4.78 is 18.7. The van der Waals surface area contributed by atoms with Gasteiger partial charge < -0.3 is 29.0 Å². The average Bonchev–Trinajstić information content (AvgIpc) is 3.27. The summed E-state index contributed by atoms with van der Waals surface area (Å²) in [6, 6.07) is 24.8. The molecule has 3 unspecified atom stereocenters. The molecule has 7 nitrogen and oxygen atoms in total. The molecule has 228 valence electrons. The normalized spacial score (nSPS) is 18.6. The zero-order valence-corrected chi connectivity index (χ0v) is 26.3. The fraction of sp³-hybridized carbons (Fsp3) is 0.400. The molecule has 1 heterocycles. The number of nitrogens with zero attached hydrogens (tertiary/aromatic N) is 2. The third kappa shape index (κ3) is 7.53. The first-order valence-electron chi connectivity index (χ1n) is 15.1. The van der Waals surface area contributed by atoms with Gasteiger partial charge in [0.15, 0.2) is 0 Å². The van der Waals surface area contributed by atoms with Gasteiger partial charge in [0.2, 0.25) is 5.88 Å². The van der Waals surface area contributed by atoms with E-state index in [1.807, 2.05) is 47.0 Å². The number of rotatable bonds is 11. The number of halogens is 1. The predicted molar refractivity (Wildman–Crippen MR) is 172 cm³/mol. The minimum atomic E-state index is -0.711. The van der Waals surface area contributed by atoms with Gasteiger partial charge in [0.25, 0.3) is 0 Å². The molecule has 1 aliphatic rings. The van der Waals surface area contributed by atoms with E-state index in [0.717, 1.165) is 53.6 Å². The number of fused-ring (bicyclic) bond motifs is 1. The van der Waals surface area contributed by atoms with Gasteiger partial charge in [-0.05, 0) is 93.6 Å². The molecular weight excluding hydrogens is 562 g/mol. The van der Waals surface area contributed by atoms with Gasteiger partial charge in [-0.3, -0.25) is 0 Å². The van der Waals surface area contributed by atoms with E-state index in [1.54, 1.807) is 14.0 Å². The number of nitrogens with one attached hydrogen (secondary N) is 1. The molecule has 1 aliphatic carbocycles. The molecule has 0 aliphatic heterocycles. The number of hydrogen-bond donors (Lipinski definition) is 1. The van der Waals surface area contributed by atoms with Crippen molar-refractivity contribution >= 4 is 28.7 Å². The molecule has 1 saturated carbocycles. The summed E-state index contributed by atoms with van der Waals surface area (Å²) in [6.07, 6.45) is 2.45. The molecular formula is C35H42ClN3O4. The Morgan fingerprint density at radius 2 is 1.86 bits per heavy atom. The highest BCUT2D eigenvalue weighted by Crippen LogP contribution is 2.40. The molecule has 0 bridgehead atoms. The first-order valence-corrected chi connectivity index (χ1v) is 15.4. The molecule has 0 amide bonds. The highest BCUT2D eigenvalue weighted by molar-refractivity contribution is 6.31. The van der Waals surface area contributed by atoms with Crippen LogP contribution >= 0.6 is 11.6 Å². The third-order valence-corrected chi connectivity index (χ3v) is 8.61. The van der Waals surface area contributed by atoms with Crippen molar-refractivity contribution in [1.29, 1.82) is 0 Å². The van der Waals surface area contributed by atoms with Crippen molar-refractivity contribution in [3.8, 4) is 11.6 Å². The van der Waals surface area contributed by atoms with E-state index in [1.165, 1.54) is 5.56 Å². The van der Waals surface area contributed by atoms with Crippen LogP contribution in [-0.2, 0) is 17.8 Å². The van der Waals surface area contributed by atoms with Crippen molar-refractivity contribution in [2.75, 3.05) is 34.4 Å². The van der Waals surface area contributed by atoms with Gasteiger partial charge in [0.1, 0.15) is 5.75 Å². The zero-order chi connectivity index (χ0) is 30.3.